The summed E-state index contributed by atoms with van der Waals surface area (Å²) in [4.78, 5) is 24.5. The number of aliphatic hydroxyl groups is 2. The van der Waals surface area contributed by atoms with Crippen LogP contribution in [0.4, 0.5) is 0 Å². The second-order valence-corrected chi connectivity index (χ2v) is 22.8. The Morgan fingerprint density at radius 3 is 0.986 bits per heavy atom. The molecule has 428 valence electrons. The van der Waals surface area contributed by atoms with E-state index < -0.39 is 12.1 Å². The molecule has 0 aliphatic carbocycles. The topological polar surface area (TPSA) is 95.9 Å². The second kappa shape index (κ2) is 62.1. The van der Waals surface area contributed by atoms with Crippen LogP contribution in [0.1, 0.15) is 373 Å². The van der Waals surface area contributed by atoms with Crippen molar-refractivity contribution in [2.45, 2.75) is 386 Å². The number of esters is 1. The standard InChI is InChI=1S/C66H129NO5/c1-3-5-7-9-11-13-15-17-18-19-26-29-32-35-38-42-46-50-54-58-64(69)63(62-68)67-65(70)59-55-51-47-43-39-36-33-30-27-24-22-20-21-23-25-28-31-34-37-41-45-49-53-57-61-72-66(71)60-56-52-48-44-40-16-14-12-10-8-6-4-2/h22,24,63-64,68-69H,3-21,23,25-62H2,1-2H3,(H,67,70)/b24-22-. The number of hydrogen-bond donors (Lipinski definition) is 3. The van der Waals surface area contributed by atoms with Crippen molar-refractivity contribution < 1.29 is 24.5 Å². The Hall–Kier alpha value is -1.40. The zero-order chi connectivity index (χ0) is 52.2. The summed E-state index contributed by atoms with van der Waals surface area (Å²) < 4.78 is 5.48. The Bertz CT molecular complexity index is 1080. The van der Waals surface area contributed by atoms with Crippen molar-refractivity contribution >= 4 is 11.9 Å². The number of carbonyl (C=O) groups is 2. The first-order chi connectivity index (χ1) is 35.5. The van der Waals surface area contributed by atoms with E-state index in [1.54, 1.807) is 0 Å². The Labute approximate surface area is 450 Å². The van der Waals surface area contributed by atoms with Crippen LogP contribution in [0.5, 0.6) is 0 Å². The fourth-order valence-electron chi connectivity index (χ4n) is 10.5. The lowest BCUT2D eigenvalue weighted by Gasteiger charge is -2.22. The zero-order valence-corrected chi connectivity index (χ0v) is 48.9. The van der Waals surface area contributed by atoms with Gasteiger partial charge in [-0.3, -0.25) is 9.59 Å². The van der Waals surface area contributed by atoms with E-state index in [2.05, 4.69) is 31.3 Å². The molecular weight excluding hydrogens is 887 g/mol. The number of nitrogens with one attached hydrogen (secondary N) is 1. The Morgan fingerprint density at radius 1 is 0.375 bits per heavy atom. The number of amides is 1. The van der Waals surface area contributed by atoms with Gasteiger partial charge in [0.05, 0.1) is 25.4 Å². The first-order valence-electron chi connectivity index (χ1n) is 32.9. The molecule has 0 radical (unpaired) electrons. The van der Waals surface area contributed by atoms with Crippen LogP contribution in [0, 0.1) is 0 Å². The summed E-state index contributed by atoms with van der Waals surface area (Å²) in [6, 6.07) is -0.545. The highest BCUT2D eigenvalue weighted by molar-refractivity contribution is 5.76. The maximum atomic E-state index is 12.5. The summed E-state index contributed by atoms with van der Waals surface area (Å²) in [6.45, 7) is 4.98. The molecule has 1 amide bonds. The highest BCUT2D eigenvalue weighted by Crippen LogP contribution is 2.18. The second-order valence-electron chi connectivity index (χ2n) is 22.8. The zero-order valence-electron chi connectivity index (χ0n) is 48.9. The molecule has 0 aliphatic rings. The number of hydrogen-bond acceptors (Lipinski definition) is 5. The third kappa shape index (κ3) is 57.9. The number of unbranched alkanes of at least 4 members (excludes halogenated alkanes) is 49. The van der Waals surface area contributed by atoms with Gasteiger partial charge in [0.25, 0.3) is 0 Å². The number of rotatable bonds is 62. The van der Waals surface area contributed by atoms with Crippen molar-refractivity contribution in [3.8, 4) is 0 Å². The molecule has 0 saturated heterocycles. The van der Waals surface area contributed by atoms with Crippen LogP contribution in [0.25, 0.3) is 0 Å². The molecule has 0 spiro atoms. The fraction of sp³-hybridized carbons (Fsp3) is 0.939. The SMILES string of the molecule is CCCCCCCCCCCCCCCCCCCCCC(O)C(CO)NC(=O)CCCCCCCCCC/C=C\CCCCCCCCCCCCCCOC(=O)CCCCCCCCCCCCCC. The summed E-state index contributed by atoms with van der Waals surface area (Å²) in [6.07, 6.45) is 75.2. The Morgan fingerprint density at radius 2 is 0.653 bits per heavy atom. The predicted octanol–water partition coefficient (Wildman–Crippen LogP) is 20.8. The molecule has 0 heterocycles. The van der Waals surface area contributed by atoms with E-state index in [0.717, 1.165) is 38.5 Å². The van der Waals surface area contributed by atoms with Gasteiger partial charge in [-0.25, -0.2) is 0 Å². The van der Waals surface area contributed by atoms with Gasteiger partial charge < -0.3 is 20.3 Å². The lowest BCUT2D eigenvalue weighted by molar-refractivity contribution is -0.143. The van der Waals surface area contributed by atoms with Gasteiger partial charge >= 0.3 is 5.97 Å². The summed E-state index contributed by atoms with van der Waals surface area (Å²) in [7, 11) is 0. The molecule has 0 aromatic carbocycles. The maximum absolute atomic E-state index is 12.5. The quantitative estimate of drug-likeness (QED) is 0.0320. The molecule has 0 fully saturated rings. The van der Waals surface area contributed by atoms with Crippen LogP contribution in [0.2, 0.25) is 0 Å². The van der Waals surface area contributed by atoms with Gasteiger partial charge in [0.15, 0.2) is 0 Å². The summed E-state index contributed by atoms with van der Waals surface area (Å²) in [5.74, 6) is -0.0215. The average molecular weight is 1020 g/mol. The van der Waals surface area contributed by atoms with E-state index >= 15 is 0 Å². The van der Waals surface area contributed by atoms with Crippen molar-refractivity contribution in [1.29, 1.82) is 0 Å². The van der Waals surface area contributed by atoms with E-state index in [-0.39, 0.29) is 18.5 Å². The molecule has 2 atom stereocenters. The number of ether oxygens (including phenoxy) is 1. The van der Waals surface area contributed by atoms with Crippen LogP contribution in [-0.2, 0) is 14.3 Å². The van der Waals surface area contributed by atoms with Gasteiger partial charge in [-0.2, -0.15) is 0 Å². The monoisotopic (exact) mass is 1020 g/mol. The first-order valence-corrected chi connectivity index (χ1v) is 32.9. The summed E-state index contributed by atoms with van der Waals surface area (Å²) >= 11 is 0. The van der Waals surface area contributed by atoms with Crippen LogP contribution >= 0.6 is 0 Å². The van der Waals surface area contributed by atoms with E-state index in [1.807, 2.05) is 0 Å². The molecule has 0 saturated carbocycles. The van der Waals surface area contributed by atoms with Crippen LogP contribution in [0.3, 0.4) is 0 Å². The van der Waals surface area contributed by atoms with Gasteiger partial charge in [0.1, 0.15) is 0 Å². The van der Waals surface area contributed by atoms with Gasteiger partial charge in [-0.05, 0) is 51.4 Å². The third-order valence-corrected chi connectivity index (χ3v) is 15.6. The smallest absolute Gasteiger partial charge is 0.305 e. The molecule has 0 rings (SSSR count). The lowest BCUT2D eigenvalue weighted by atomic mass is 10.0. The van der Waals surface area contributed by atoms with Gasteiger partial charge in [-0.1, -0.05) is 321 Å². The van der Waals surface area contributed by atoms with Crippen molar-refractivity contribution in [2.24, 2.45) is 0 Å². The number of carbonyl (C=O) groups excluding carboxylic acids is 2. The minimum atomic E-state index is -0.667. The highest BCUT2D eigenvalue weighted by atomic mass is 16.5. The highest BCUT2D eigenvalue weighted by Gasteiger charge is 2.20. The first kappa shape index (κ1) is 70.6. The molecule has 72 heavy (non-hydrogen) atoms. The molecule has 0 aromatic heterocycles. The van der Waals surface area contributed by atoms with Crippen molar-refractivity contribution in [3.05, 3.63) is 12.2 Å². The van der Waals surface area contributed by atoms with Crippen LogP contribution < -0.4 is 5.32 Å². The summed E-state index contributed by atoms with van der Waals surface area (Å²) in [5.41, 5.74) is 0. The molecule has 0 aromatic rings. The lowest BCUT2D eigenvalue weighted by Crippen LogP contribution is -2.45. The van der Waals surface area contributed by atoms with Crippen LogP contribution in [-0.4, -0.2) is 47.4 Å². The van der Waals surface area contributed by atoms with Gasteiger partial charge in [0, 0.05) is 12.8 Å². The predicted molar refractivity (Wildman–Crippen MR) is 315 cm³/mol. The van der Waals surface area contributed by atoms with Gasteiger partial charge in [-0.15, -0.1) is 0 Å². The Kier molecular flexibility index (Phi) is 60.9. The van der Waals surface area contributed by atoms with E-state index in [0.29, 0.717) is 25.9 Å². The van der Waals surface area contributed by atoms with E-state index in [9.17, 15) is 19.8 Å². The minimum Gasteiger partial charge on any atom is -0.466 e. The van der Waals surface area contributed by atoms with Gasteiger partial charge in [0.2, 0.25) is 5.91 Å². The largest absolute Gasteiger partial charge is 0.466 e. The van der Waals surface area contributed by atoms with Crippen LogP contribution in [0.15, 0.2) is 12.2 Å². The molecule has 6 heteroatoms. The molecular formula is C66H129NO5. The maximum Gasteiger partial charge on any atom is 0.305 e. The average Bonchev–Trinajstić information content (AvgIpc) is 3.38. The number of allylic oxidation sites excluding steroid dienone is 2. The molecule has 2 unspecified atom stereocenters. The molecule has 6 nitrogen and oxygen atoms in total. The number of aliphatic hydroxyl groups excluding tert-OH is 2. The molecule has 0 bridgehead atoms. The third-order valence-electron chi connectivity index (χ3n) is 15.6. The fourth-order valence-corrected chi connectivity index (χ4v) is 10.5. The van der Waals surface area contributed by atoms with E-state index in [1.165, 1.54) is 302 Å². The normalized spacial score (nSPS) is 12.6. The molecule has 0 aliphatic heterocycles. The van der Waals surface area contributed by atoms with Crippen molar-refractivity contribution in [1.82, 2.24) is 5.32 Å². The summed E-state index contributed by atoms with van der Waals surface area (Å²) in [5, 5.41) is 23.4. The Balaban J connectivity index is 3.40. The van der Waals surface area contributed by atoms with E-state index in [4.69, 9.17) is 4.74 Å². The van der Waals surface area contributed by atoms with Crippen molar-refractivity contribution in [2.75, 3.05) is 13.2 Å². The minimum absolute atomic E-state index is 0.0141. The molecule has 3 N–H and O–H groups in total. The van der Waals surface area contributed by atoms with Crippen molar-refractivity contribution in [3.63, 3.8) is 0 Å².